The van der Waals surface area contributed by atoms with Gasteiger partial charge in [0.1, 0.15) is 25.0 Å². The van der Waals surface area contributed by atoms with Crippen LogP contribution in [-0.4, -0.2) is 37.5 Å². The van der Waals surface area contributed by atoms with E-state index in [4.69, 9.17) is 4.74 Å². The lowest BCUT2D eigenvalue weighted by Gasteiger charge is -2.17. The minimum absolute atomic E-state index is 0.367. The SMILES string of the molecule is O[C@@H](COc1ccccc1Br)C[NH+]1CCCC1. The van der Waals surface area contributed by atoms with Crippen molar-refractivity contribution in [1.29, 1.82) is 0 Å². The number of quaternary nitrogens is 1. The zero-order valence-corrected chi connectivity index (χ0v) is 11.4. The van der Waals surface area contributed by atoms with E-state index in [1.807, 2.05) is 24.3 Å². The molecule has 1 aromatic carbocycles. The molecule has 2 rings (SSSR count). The maximum Gasteiger partial charge on any atom is 0.137 e. The fourth-order valence-corrected chi connectivity index (χ4v) is 2.62. The Labute approximate surface area is 111 Å². The van der Waals surface area contributed by atoms with Crippen LogP contribution in [0.15, 0.2) is 28.7 Å². The quantitative estimate of drug-likeness (QED) is 0.846. The van der Waals surface area contributed by atoms with E-state index in [9.17, 15) is 5.11 Å². The summed E-state index contributed by atoms with van der Waals surface area (Å²) in [7, 11) is 0. The van der Waals surface area contributed by atoms with Gasteiger partial charge < -0.3 is 14.7 Å². The number of likely N-dealkylation sites (tertiary alicyclic amines) is 1. The molecule has 0 radical (unpaired) electrons. The highest BCUT2D eigenvalue weighted by Gasteiger charge is 2.19. The van der Waals surface area contributed by atoms with Gasteiger partial charge in [-0.05, 0) is 28.1 Å². The first-order valence-electron chi connectivity index (χ1n) is 6.14. The largest absolute Gasteiger partial charge is 0.489 e. The van der Waals surface area contributed by atoms with Gasteiger partial charge in [0.05, 0.1) is 17.6 Å². The van der Waals surface area contributed by atoms with E-state index in [2.05, 4.69) is 15.9 Å². The predicted molar refractivity (Wildman–Crippen MR) is 70.4 cm³/mol. The lowest BCUT2D eigenvalue weighted by molar-refractivity contribution is -0.890. The molecule has 0 bridgehead atoms. The van der Waals surface area contributed by atoms with Crippen molar-refractivity contribution >= 4 is 15.9 Å². The summed E-state index contributed by atoms with van der Waals surface area (Å²) in [5.74, 6) is 0.794. The minimum Gasteiger partial charge on any atom is -0.489 e. The molecule has 17 heavy (non-hydrogen) atoms. The number of aliphatic hydroxyl groups is 1. The summed E-state index contributed by atoms with van der Waals surface area (Å²) in [6, 6.07) is 7.72. The number of ether oxygens (including phenoxy) is 1. The third-order valence-electron chi connectivity index (χ3n) is 3.10. The minimum atomic E-state index is -0.379. The smallest absolute Gasteiger partial charge is 0.137 e. The van der Waals surface area contributed by atoms with Crippen molar-refractivity contribution in [3.8, 4) is 5.75 Å². The zero-order chi connectivity index (χ0) is 12.1. The molecule has 2 N–H and O–H groups in total. The Morgan fingerprint density at radius 1 is 1.29 bits per heavy atom. The van der Waals surface area contributed by atoms with Gasteiger partial charge in [-0.15, -0.1) is 0 Å². The number of hydrogen-bond acceptors (Lipinski definition) is 2. The lowest BCUT2D eigenvalue weighted by atomic mass is 10.3. The molecule has 94 valence electrons. The molecule has 0 aromatic heterocycles. The number of halogens is 1. The fraction of sp³-hybridized carbons (Fsp3) is 0.538. The highest BCUT2D eigenvalue weighted by Crippen LogP contribution is 2.23. The van der Waals surface area contributed by atoms with Gasteiger partial charge in [0, 0.05) is 12.8 Å². The van der Waals surface area contributed by atoms with Crippen LogP contribution in [0.5, 0.6) is 5.75 Å². The summed E-state index contributed by atoms with van der Waals surface area (Å²) in [6.07, 6.45) is 2.19. The van der Waals surface area contributed by atoms with Crippen LogP contribution < -0.4 is 9.64 Å². The van der Waals surface area contributed by atoms with Crippen molar-refractivity contribution in [2.75, 3.05) is 26.2 Å². The molecule has 1 saturated heterocycles. The molecule has 0 unspecified atom stereocenters. The highest BCUT2D eigenvalue weighted by molar-refractivity contribution is 9.10. The number of rotatable bonds is 5. The van der Waals surface area contributed by atoms with E-state index in [0.29, 0.717) is 6.61 Å². The van der Waals surface area contributed by atoms with Crippen LogP contribution in [-0.2, 0) is 0 Å². The second kappa shape index (κ2) is 6.38. The Bertz CT molecular complexity index is 353. The number of benzene rings is 1. The number of hydrogen-bond donors (Lipinski definition) is 2. The fourth-order valence-electron chi connectivity index (χ4n) is 2.22. The van der Waals surface area contributed by atoms with Crippen molar-refractivity contribution in [2.45, 2.75) is 18.9 Å². The zero-order valence-electron chi connectivity index (χ0n) is 9.86. The summed E-state index contributed by atoms with van der Waals surface area (Å²) in [5, 5.41) is 9.90. The van der Waals surface area contributed by atoms with E-state index >= 15 is 0 Å². The van der Waals surface area contributed by atoms with Crippen LogP contribution >= 0.6 is 15.9 Å². The molecule has 1 atom stereocenters. The average molecular weight is 301 g/mol. The molecule has 0 saturated carbocycles. The van der Waals surface area contributed by atoms with Gasteiger partial charge >= 0.3 is 0 Å². The predicted octanol–water partition coefficient (Wildman–Crippen LogP) is 0.868. The molecule has 1 aliphatic heterocycles. The molecule has 1 heterocycles. The molecular formula is C13H19BrNO2+. The Kier molecular flexibility index (Phi) is 4.83. The molecule has 3 nitrogen and oxygen atoms in total. The molecular weight excluding hydrogens is 282 g/mol. The Balaban J connectivity index is 1.75. The molecule has 1 fully saturated rings. The summed E-state index contributed by atoms with van der Waals surface area (Å²) < 4.78 is 6.53. The number of para-hydroxylation sites is 1. The molecule has 4 heteroatoms. The Hall–Kier alpha value is -0.580. The third kappa shape index (κ3) is 3.98. The molecule has 0 aliphatic carbocycles. The third-order valence-corrected chi connectivity index (χ3v) is 3.76. The number of aliphatic hydroxyl groups excluding tert-OH is 1. The van der Waals surface area contributed by atoms with E-state index in [1.165, 1.54) is 30.8 Å². The van der Waals surface area contributed by atoms with E-state index < -0.39 is 0 Å². The van der Waals surface area contributed by atoms with Crippen LogP contribution in [0, 0.1) is 0 Å². The Morgan fingerprint density at radius 3 is 2.71 bits per heavy atom. The first kappa shape index (κ1) is 12.9. The maximum atomic E-state index is 9.90. The monoisotopic (exact) mass is 300 g/mol. The lowest BCUT2D eigenvalue weighted by Crippen LogP contribution is -3.11. The summed E-state index contributed by atoms with van der Waals surface area (Å²) in [4.78, 5) is 1.49. The topological polar surface area (TPSA) is 33.9 Å². The van der Waals surface area contributed by atoms with Crippen molar-refractivity contribution in [3.05, 3.63) is 28.7 Å². The van der Waals surface area contributed by atoms with Gasteiger partial charge in [0.25, 0.3) is 0 Å². The second-order valence-corrected chi connectivity index (χ2v) is 5.41. The van der Waals surface area contributed by atoms with Gasteiger partial charge in [-0.2, -0.15) is 0 Å². The normalized spacial score (nSPS) is 18.2. The van der Waals surface area contributed by atoms with Crippen LogP contribution in [0.2, 0.25) is 0 Å². The maximum absolute atomic E-state index is 9.90. The van der Waals surface area contributed by atoms with Crippen LogP contribution in [0.1, 0.15) is 12.8 Å². The van der Waals surface area contributed by atoms with Gasteiger partial charge in [-0.25, -0.2) is 0 Å². The first-order valence-corrected chi connectivity index (χ1v) is 6.94. The average Bonchev–Trinajstić information content (AvgIpc) is 2.81. The standard InChI is InChI=1S/C13H18BrNO2/c14-12-5-1-2-6-13(12)17-10-11(16)9-15-7-3-4-8-15/h1-2,5-6,11,16H,3-4,7-10H2/p+1/t11-/m1/s1. The van der Waals surface area contributed by atoms with Gasteiger partial charge in [0.15, 0.2) is 0 Å². The molecule has 0 amide bonds. The van der Waals surface area contributed by atoms with Crippen molar-refractivity contribution in [3.63, 3.8) is 0 Å². The van der Waals surface area contributed by atoms with Crippen LogP contribution in [0.25, 0.3) is 0 Å². The summed E-state index contributed by atoms with van der Waals surface area (Å²) in [6.45, 7) is 3.54. The highest BCUT2D eigenvalue weighted by atomic mass is 79.9. The van der Waals surface area contributed by atoms with Crippen LogP contribution in [0.3, 0.4) is 0 Å². The molecule has 1 aromatic rings. The number of nitrogens with one attached hydrogen (secondary N) is 1. The van der Waals surface area contributed by atoms with E-state index in [-0.39, 0.29) is 6.10 Å². The first-order chi connectivity index (χ1) is 8.25. The second-order valence-electron chi connectivity index (χ2n) is 4.56. The van der Waals surface area contributed by atoms with Gasteiger partial charge in [-0.3, -0.25) is 0 Å². The van der Waals surface area contributed by atoms with Crippen LogP contribution in [0.4, 0.5) is 0 Å². The van der Waals surface area contributed by atoms with Crippen molar-refractivity contribution < 1.29 is 14.7 Å². The van der Waals surface area contributed by atoms with Crippen molar-refractivity contribution in [2.24, 2.45) is 0 Å². The van der Waals surface area contributed by atoms with Gasteiger partial charge in [0.2, 0.25) is 0 Å². The Morgan fingerprint density at radius 2 is 2.00 bits per heavy atom. The van der Waals surface area contributed by atoms with Gasteiger partial charge in [-0.1, -0.05) is 12.1 Å². The molecule has 0 spiro atoms. The summed E-state index contributed by atoms with van der Waals surface area (Å²) in [5.41, 5.74) is 0. The van der Waals surface area contributed by atoms with E-state index in [1.54, 1.807) is 0 Å². The summed E-state index contributed by atoms with van der Waals surface area (Å²) >= 11 is 3.42. The van der Waals surface area contributed by atoms with E-state index in [0.717, 1.165) is 16.8 Å². The van der Waals surface area contributed by atoms with Crippen molar-refractivity contribution in [1.82, 2.24) is 0 Å². The molecule has 1 aliphatic rings.